The molecule has 5 nitrogen and oxygen atoms in total. The standard InChI is InChI=1S/C12H13NO4/c14-9-6-4-8(5-7-9)2-1-3-10-11(15)13-12(16)17-10/h4-7,10,14H,1-3H2,(H,13,15,16). The smallest absolute Gasteiger partial charge is 0.414 e. The number of imide groups is 1. The van der Waals surface area contributed by atoms with Crippen molar-refractivity contribution in [2.75, 3.05) is 0 Å². The molecule has 0 saturated carbocycles. The molecule has 1 fully saturated rings. The van der Waals surface area contributed by atoms with E-state index in [9.17, 15) is 9.59 Å². The third-order valence-corrected chi connectivity index (χ3v) is 2.64. The number of carbonyl (C=O) groups is 2. The first-order valence-corrected chi connectivity index (χ1v) is 5.44. The molecule has 1 aromatic rings. The molecule has 0 aromatic heterocycles. The number of carbonyl (C=O) groups excluding carboxylic acids is 2. The van der Waals surface area contributed by atoms with E-state index in [4.69, 9.17) is 9.84 Å². The number of rotatable bonds is 4. The minimum Gasteiger partial charge on any atom is -0.508 e. The summed E-state index contributed by atoms with van der Waals surface area (Å²) in [4.78, 5) is 21.9. The van der Waals surface area contributed by atoms with E-state index in [1.54, 1.807) is 12.1 Å². The maximum Gasteiger partial charge on any atom is 0.414 e. The highest BCUT2D eigenvalue weighted by Crippen LogP contribution is 2.14. The molecule has 2 amide bonds. The Morgan fingerprint density at radius 3 is 2.53 bits per heavy atom. The fraction of sp³-hybridized carbons (Fsp3) is 0.333. The Kier molecular flexibility index (Phi) is 3.27. The van der Waals surface area contributed by atoms with Gasteiger partial charge in [0.1, 0.15) is 5.75 Å². The number of phenols is 1. The molecule has 0 radical (unpaired) electrons. The number of nitrogens with one attached hydrogen (secondary N) is 1. The van der Waals surface area contributed by atoms with Crippen LogP contribution < -0.4 is 5.32 Å². The van der Waals surface area contributed by atoms with Gasteiger partial charge >= 0.3 is 6.09 Å². The largest absolute Gasteiger partial charge is 0.508 e. The number of ether oxygens (including phenoxy) is 1. The van der Waals surface area contributed by atoms with Crippen LogP contribution >= 0.6 is 0 Å². The van der Waals surface area contributed by atoms with Crippen LogP contribution in [-0.2, 0) is 16.0 Å². The normalized spacial score (nSPS) is 18.9. The van der Waals surface area contributed by atoms with E-state index in [0.717, 1.165) is 18.4 Å². The topological polar surface area (TPSA) is 75.6 Å². The monoisotopic (exact) mass is 235 g/mol. The second-order valence-electron chi connectivity index (χ2n) is 3.94. The second kappa shape index (κ2) is 4.86. The first-order chi connectivity index (χ1) is 8.15. The van der Waals surface area contributed by atoms with Crippen LogP contribution in [-0.4, -0.2) is 23.2 Å². The highest BCUT2D eigenvalue weighted by atomic mass is 16.6. The van der Waals surface area contributed by atoms with E-state index >= 15 is 0 Å². The fourth-order valence-corrected chi connectivity index (χ4v) is 1.74. The minimum atomic E-state index is -0.662. The van der Waals surface area contributed by atoms with Crippen LogP contribution in [0.1, 0.15) is 18.4 Å². The second-order valence-corrected chi connectivity index (χ2v) is 3.94. The zero-order valence-electron chi connectivity index (χ0n) is 9.18. The van der Waals surface area contributed by atoms with E-state index in [2.05, 4.69) is 5.32 Å². The summed E-state index contributed by atoms with van der Waals surface area (Å²) in [6.45, 7) is 0. The number of aromatic hydroxyl groups is 1. The van der Waals surface area contributed by atoms with E-state index in [0.29, 0.717) is 6.42 Å². The van der Waals surface area contributed by atoms with Crippen molar-refractivity contribution >= 4 is 12.0 Å². The molecule has 1 aliphatic heterocycles. The number of hydrogen-bond donors (Lipinski definition) is 2. The Bertz CT molecular complexity index is 427. The molecule has 0 bridgehead atoms. The Morgan fingerprint density at radius 1 is 1.24 bits per heavy atom. The Hall–Kier alpha value is -2.04. The van der Waals surface area contributed by atoms with Gasteiger partial charge in [0.25, 0.3) is 5.91 Å². The van der Waals surface area contributed by atoms with Gasteiger partial charge in [-0.1, -0.05) is 12.1 Å². The number of cyclic esters (lactones) is 1. The predicted molar refractivity (Wildman–Crippen MR) is 59.5 cm³/mol. The van der Waals surface area contributed by atoms with Gasteiger partial charge in [-0.15, -0.1) is 0 Å². The van der Waals surface area contributed by atoms with Crippen molar-refractivity contribution in [3.63, 3.8) is 0 Å². The molecule has 1 aliphatic rings. The summed E-state index contributed by atoms with van der Waals surface area (Å²) < 4.78 is 4.79. The van der Waals surface area contributed by atoms with Crippen molar-refractivity contribution in [1.29, 1.82) is 0 Å². The molecular weight excluding hydrogens is 222 g/mol. The SMILES string of the molecule is O=C1NC(=O)C(CCCc2ccc(O)cc2)O1. The molecule has 1 aromatic carbocycles. The van der Waals surface area contributed by atoms with Crippen molar-refractivity contribution in [3.8, 4) is 5.75 Å². The van der Waals surface area contributed by atoms with E-state index in [1.807, 2.05) is 12.1 Å². The van der Waals surface area contributed by atoms with Crippen LogP contribution in [0.4, 0.5) is 4.79 Å². The molecule has 1 atom stereocenters. The van der Waals surface area contributed by atoms with Crippen LogP contribution in [0.25, 0.3) is 0 Å². The third-order valence-electron chi connectivity index (χ3n) is 2.64. The summed E-state index contributed by atoms with van der Waals surface area (Å²) in [5.41, 5.74) is 1.08. The van der Waals surface area contributed by atoms with Gasteiger partial charge in [0.2, 0.25) is 0 Å². The van der Waals surface area contributed by atoms with Gasteiger partial charge in [-0.2, -0.15) is 0 Å². The summed E-state index contributed by atoms with van der Waals surface area (Å²) in [6.07, 6.45) is 0.722. The highest BCUT2D eigenvalue weighted by molar-refractivity contribution is 5.99. The van der Waals surface area contributed by atoms with Gasteiger partial charge in [0.15, 0.2) is 6.10 Å². The maximum absolute atomic E-state index is 11.2. The Morgan fingerprint density at radius 2 is 1.94 bits per heavy atom. The van der Waals surface area contributed by atoms with Gasteiger partial charge in [0.05, 0.1) is 0 Å². The van der Waals surface area contributed by atoms with Gasteiger partial charge in [0, 0.05) is 0 Å². The molecule has 0 aliphatic carbocycles. The lowest BCUT2D eigenvalue weighted by Gasteiger charge is -2.05. The zero-order valence-corrected chi connectivity index (χ0v) is 9.18. The molecular formula is C12H13NO4. The number of amides is 2. The van der Waals surface area contributed by atoms with Crippen molar-refractivity contribution in [3.05, 3.63) is 29.8 Å². The van der Waals surface area contributed by atoms with Crippen LogP contribution in [0.15, 0.2) is 24.3 Å². The Labute approximate surface area is 98.4 Å². The minimum absolute atomic E-state index is 0.234. The van der Waals surface area contributed by atoms with Crippen molar-refractivity contribution in [2.24, 2.45) is 0 Å². The van der Waals surface area contributed by atoms with Crippen molar-refractivity contribution in [2.45, 2.75) is 25.4 Å². The fourth-order valence-electron chi connectivity index (χ4n) is 1.74. The lowest BCUT2D eigenvalue weighted by molar-refractivity contribution is -0.123. The number of aryl methyl sites for hydroxylation is 1. The Balaban J connectivity index is 1.78. The van der Waals surface area contributed by atoms with Crippen molar-refractivity contribution < 1.29 is 19.4 Å². The summed E-state index contributed by atoms with van der Waals surface area (Å²) in [7, 11) is 0. The first-order valence-electron chi connectivity index (χ1n) is 5.44. The number of hydrogen-bond acceptors (Lipinski definition) is 4. The lowest BCUT2D eigenvalue weighted by atomic mass is 10.1. The zero-order chi connectivity index (χ0) is 12.3. The number of benzene rings is 1. The van der Waals surface area contributed by atoms with Crippen LogP contribution in [0, 0.1) is 0 Å². The number of alkyl carbamates (subject to hydrolysis) is 1. The molecule has 1 heterocycles. The first kappa shape index (κ1) is 11.4. The molecule has 2 N–H and O–H groups in total. The molecule has 90 valence electrons. The lowest BCUT2D eigenvalue weighted by Crippen LogP contribution is -2.24. The van der Waals surface area contributed by atoms with E-state index < -0.39 is 12.2 Å². The molecule has 1 unspecified atom stereocenters. The summed E-state index contributed by atoms with van der Waals surface area (Å²) in [6, 6.07) is 6.90. The van der Waals surface area contributed by atoms with Gasteiger partial charge in [-0.25, -0.2) is 4.79 Å². The average molecular weight is 235 g/mol. The molecule has 1 saturated heterocycles. The van der Waals surface area contributed by atoms with Crippen molar-refractivity contribution in [1.82, 2.24) is 5.32 Å². The summed E-state index contributed by atoms with van der Waals surface area (Å²) in [5, 5.41) is 11.2. The molecule has 5 heteroatoms. The van der Waals surface area contributed by atoms with Crippen LogP contribution in [0.2, 0.25) is 0 Å². The van der Waals surface area contributed by atoms with E-state index in [-0.39, 0.29) is 11.7 Å². The number of phenolic OH excluding ortho intramolecular Hbond substituents is 1. The van der Waals surface area contributed by atoms with Gasteiger partial charge in [-0.05, 0) is 37.0 Å². The predicted octanol–water partition coefficient (Wildman–Crippen LogP) is 1.35. The highest BCUT2D eigenvalue weighted by Gasteiger charge is 2.31. The maximum atomic E-state index is 11.2. The van der Waals surface area contributed by atoms with E-state index in [1.165, 1.54) is 0 Å². The summed E-state index contributed by atoms with van der Waals surface area (Å²) in [5.74, 6) is -0.126. The molecule has 0 spiro atoms. The average Bonchev–Trinajstić information content (AvgIpc) is 2.60. The van der Waals surface area contributed by atoms with Crippen LogP contribution in [0.3, 0.4) is 0 Å². The molecule has 2 rings (SSSR count). The van der Waals surface area contributed by atoms with Gasteiger partial charge in [-0.3, -0.25) is 10.1 Å². The third kappa shape index (κ3) is 2.96. The molecule has 17 heavy (non-hydrogen) atoms. The quantitative estimate of drug-likeness (QED) is 0.826. The van der Waals surface area contributed by atoms with Gasteiger partial charge < -0.3 is 9.84 Å². The summed E-state index contributed by atoms with van der Waals surface area (Å²) >= 11 is 0. The van der Waals surface area contributed by atoms with Crippen LogP contribution in [0.5, 0.6) is 5.75 Å².